The first-order chi connectivity index (χ1) is 21.4. The Morgan fingerprint density at radius 3 is 2.51 bits per heavy atom. The number of aliphatic carboxylic acids is 1. The molecule has 0 saturated carbocycles. The number of H-pyrrole nitrogens is 2. The van der Waals surface area contributed by atoms with Crippen molar-refractivity contribution in [3.63, 3.8) is 0 Å². The van der Waals surface area contributed by atoms with Gasteiger partial charge in [-0.2, -0.15) is 4.39 Å². The van der Waals surface area contributed by atoms with Crippen LogP contribution in [0.4, 0.5) is 13.2 Å². The average Bonchev–Trinajstić information content (AvgIpc) is 3.68. The lowest BCUT2D eigenvalue weighted by molar-refractivity contribution is -0.146. The van der Waals surface area contributed by atoms with E-state index in [4.69, 9.17) is 9.47 Å². The minimum atomic E-state index is -1.07. The molecule has 3 aromatic carbocycles. The monoisotopic (exact) mass is 637 g/mol. The maximum absolute atomic E-state index is 14.2. The van der Waals surface area contributed by atoms with E-state index in [1.165, 1.54) is 42.2 Å². The summed E-state index contributed by atoms with van der Waals surface area (Å²) in [5.74, 6) is -1.54. The summed E-state index contributed by atoms with van der Waals surface area (Å²) in [5.41, 5.74) is 2.16. The summed E-state index contributed by atoms with van der Waals surface area (Å²) in [4.78, 5) is 22.3. The number of fused-ring (bicyclic) bond motifs is 2. The van der Waals surface area contributed by atoms with Gasteiger partial charge in [-0.25, -0.2) is 13.8 Å². The largest absolute Gasteiger partial charge is 0.493 e. The Kier molecular flexibility index (Phi) is 8.93. The van der Waals surface area contributed by atoms with Crippen molar-refractivity contribution < 1.29 is 32.5 Å². The second-order valence-electron chi connectivity index (χ2n) is 11.8. The lowest BCUT2D eigenvalue weighted by Crippen LogP contribution is -2.33. The first-order valence-corrected chi connectivity index (χ1v) is 15.5. The molecule has 0 amide bonds. The number of para-hydroxylation sites is 1. The van der Waals surface area contributed by atoms with Crippen molar-refractivity contribution in [3.8, 4) is 17.2 Å². The van der Waals surface area contributed by atoms with Crippen LogP contribution in [0.3, 0.4) is 0 Å². The maximum Gasteiger partial charge on any atom is 0.309 e. The van der Waals surface area contributed by atoms with Crippen molar-refractivity contribution in [2.24, 2.45) is 5.41 Å². The van der Waals surface area contributed by atoms with Crippen LogP contribution in [0.5, 0.6) is 17.2 Å². The van der Waals surface area contributed by atoms with Gasteiger partial charge in [-0.05, 0) is 82.7 Å². The Morgan fingerprint density at radius 1 is 1.13 bits per heavy atom. The van der Waals surface area contributed by atoms with Crippen LogP contribution in [0.2, 0.25) is 0 Å². The van der Waals surface area contributed by atoms with Gasteiger partial charge in [-0.1, -0.05) is 18.2 Å². The van der Waals surface area contributed by atoms with Gasteiger partial charge in [0.25, 0.3) is 0 Å². The number of carbonyl (C=O) groups is 1. The summed E-state index contributed by atoms with van der Waals surface area (Å²) < 4.78 is 52.5. The van der Waals surface area contributed by atoms with Gasteiger partial charge >= 0.3 is 5.97 Å². The minimum absolute atomic E-state index is 0.100. The number of nitrogens with one attached hydrogen (secondary N) is 2. The number of thioether (sulfide) groups is 1. The standard InChI is InChI=1S/C19H24N2O3.C15H10F3NOS/c1-12-20-11-15(21-12)19(4)8-9-24-16-13(6-5-7-14(16)19)10-18(2,3)17(22)23;1-21-15-10-6-7-19-13(10)11(17)12(18)14(15)20-9-4-2-8(16)3-5-9/h5-7,11H,8-10H2,1-4H3,(H,20,21)(H,22,23);2-7,19H,1H3. The molecule has 0 spiro atoms. The lowest BCUT2D eigenvalue weighted by Gasteiger charge is -2.36. The molecular formula is C34H34F3N3O4S. The molecule has 3 N–H and O–H groups in total. The molecular weight excluding hydrogens is 603 g/mol. The van der Waals surface area contributed by atoms with Gasteiger partial charge in [-0.3, -0.25) is 4.79 Å². The van der Waals surface area contributed by atoms with E-state index in [-0.39, 0.29) is 22.4 Å². The highest BCUT2D eigenvalue weighted by molar-refractivity contribution is 7.99. The highest BCUT2D eigenvalue weighted by atomic mass is 32.2. The second-order valence-corrected chi connectivity index (χ2v) is 12.6. The summed E-state index contributed by atoms with van der Waals surface area (Å²) >= 11 is 1.25. The SMILES string of the molecule is CSc1c(Oc2ccc(F)cc2)c(F)c(F)c2[nH]ccc12.Cc1ncc(C2(C)CCOc3c(CC(C)(C)C(=O)O)cccc32)[nH]1. The number of carboxylic acids is 1. The Labute approximate surface area is 263 Å². The number of hydrogen-bond acceptors (Lipinski definition) is 5. The predicted molar refractivity (Wildman–Crippen MR) is 168 cm³/mol. The molecule has 0 fully saturated rings. The number of halogens is 3. The summed E-state index contributed by atoms with van der Waals surface area (Å²) in [6, 6.07) is 12.8. The van der Waals surface area contributed by atoms with E-state index < -0.39 is 28.8 Å². The van der Waals surface area contributed by atoms with E-state index in [1.807, 2.05) is 25.3 Å². The number of rotatable bonds is 7. The van der Waals surface area contributed by atoms with E-state index in [0.29, 0.717) is 23.3 Å². The van der Waals surface area contributed by atoms with Crippen LogP contribution in [0, 0.1) is 29.8 Å². The van der Waals surface area contributed by atoms with Crippen LogP contribution in [-0.2, 0) is 16.6 Å². The predicted octanol–water partition coefficient (Wildman–Crippen LogP) is 8.56. The normalized spacial score (nSPS) is 16.0. The second kappa shape index (κ2) is 12.5. The van der Waals surface area contributed by atoms with Crippen LogP contribution in [0.15, 0.2) is 65.8 Å². The van der Waals surface area contributed by atoms with E-state index in [2.05, 4.69) is 27.9 Å². The van der Waals surface area contributed by atoms with E-state index in [1.54, 1.807) is 26.2 Å². The van der Waals surface area contributed by atoms with Crippen LogP contribution in [0.25, 0.3) is 10.9 Å². The molecule has 0 radical (unpaired) electrons. The van der Waals surface area contributed by atoms with Crippen molar-refractivity contribution >= 4 is 28.6 Å². The fourth-order valence-electron chi connectivity index (χ4n) is 5.44. The Morgan fingerprint density at radius 2 is 1.87 bits per heavy atom. The molecule has 1 atom stereocenters. The zero-order valence-corrected chi connectivity index (χ0v) is 26.4. The number of hydrogen-bond donors (Lipinski definition) is 3. The highest BCUT2D eigenvalue weighted by Gasteiger charge is 2.38. The number of aromatic amines is 2. The molecule has 6 rings (SSSR count). The third-order valence-corrected chi connectivity index (χ3v) is 8.91. The quantitative estimate of drug-likeness (QED) is 0.155. The molecule has 11 heteroatoms. The number of carboxylic acid groups (broad SMARTS) is 1. The van der Waals surface area contributed by atoms with Gasteiger partial charge in [0.2, 0.25) is 5.82 Å². The molecule has 1 aliphatic rings. The molecule has 0 saturated heterocycles. The molecule has 0 bridgehead atoms. The lowest BCUT2D eigenvalue weighted by atomic mass is 9.74. The number of benzene rings is 3. The molecule has 1 aliphatic heterocycles. The molecule has 236 valence electrons. The summed E-state index contributed by atoms with van der Waals surface area (Å²) in [7, 11) is 0. The highest BCUT2D eigenvalue weighted by Crippen LogP contribution is 2.45. The van der Waals surface area contributed by atoms with Crippen molar-refractivity contribution in [2.45, 2.75) is 50.8 Å². The minimum Gasteiger partial charge on any atom is -0.493 e. The van der Waals surface area contributed by atoms with Crippen LogP contribution < -0.4 is 9.47 Å². The molecule has 7 nitrogen and oxygen atoms in total. The van der Waals surface area contributed by atoms with Crippen molar-refractivity contribution in [1.29, 1.82) is 0 Å². The first-order valence-electron chi connectivity index (χ1n) is 14.3. The molecule has 2 aromatic heterocycles. The number of aromatic nitrogens is 3. The third kappa shape index (κ3) is 6.26. The van der Waals surface area contributed by atoms with Crippen molar-refractivity contribution in [1.82, 2.24) is 15.0 Å². The smallest absolute Gasteiger partial charge is 0.309 e. The van der Waals surface area contributed by atoms with Gasteiger partial charge in [0.05, 0.1) is 22.4 Å². The molecule has 3 heterocycles. The molecule has 45 heavy (non-hydrogen) atoms. The Balaban J connectivity index is 0.000000179. The molecule has 0 aliphatic carbocycles. The maximum atomic E-state index is 14.2. The fourth-order valence-corrected chi connectivity index (χ4v) is 6.15. The Hall–Kier alpha value is -4.38. The zero-order chi connectivity index (χ0) is 32.5. The van der Waals surface area contributed by atoms with E-state index in [9.17, 15) is 23.1 Å². The van der Waals surface area contributed by atoms with Crippen LogP contribution in [-0.4, -0.2) is 38.9 Å². The number of imidazole rings is 1. The Bertz CT molecular complexity index is 1850. The summed E-state index contributed by atoms with van der Waals surface area (Å²) in [6.45, 7) is 8.22. The van der Waals surface area contributed by atoms with Gasteiger partial charge in [0, 0.05) is 34.5 Å². The summed E-state index contributed by atoms with van der Waals surface area (Å²) in [6.07, 6.45) is 6.46. The number of nitrogens with zero attached hydrogens (tertiary/aromatic N) is 1. The van der Waals surface area contributed by atoms with Gasteiger partial charge in [-0.15, -0.1) is 11.8 Å². The fraction of sp³-hybridized carbons (Fsp3) is 0.294. The van der Waals surface area contributed by atoms with Gasteiger partial charge < -0.3 is 24.5 Å². The van der Waals surface area contributed by atoms with Crippen molar-refractivity contribution in [3.05, 3.63) is 101 Å². The van der Waals surface area contributed by atoms with E-state index >= 15 is 0 Å². The average molecular weight is 638 g/mol. The summed E-state index contributed by atoms with van der Waals surface area (Å²) in [5, 5.41) is 9.98. The van der Waals surface area contributed by atoms with E-state index in [0.717, 1.165) is 34.8 Å². The molecule has 5 aromatic rings. The molecule has 1 unspecified atom stereocenters. The third-order valence-electron chi connectivity index (χ3n) is 8.10. The van der Waals surface area contributed by atoms with Crippen molar-refractivity contribution in [2.75, 3.05) is 12.9 Å². The number of ether oxygens (including phenoxy) is 2. The van der Waals surface area contributed by atoms with Crippen LogP contribution in [0.1, 0.15) is 49.8 Å². The van der Waals surface area contributed by atoms with Gasteiger partial charge in [0.1, 0.15) is 23.1 Å². The number of aryl methyl sites for hydroxylation is 1. The van der Waals surface area contributed by atoms with Gasteiger partial charge in [0.15, 0.2) is 11.6 Å². The first kappa shape index (κ1) is 32.0. The topological polar surface area (TPSA) is 100 Å². The zero-order valence-electron chi connectivity index (χ0n) is 25.6. The van der Waals surface area contributed by atoms with Crippen LogP contribution >= 0.6 is 11.8 Å².